The van der Waals surface area contributed by atoms with Crippen LogP contribution in [-0.2, 0) is 6.42 Å². The van der Waals surface area contributed by atoms with Crippen molar-refractivity contribution in [2.45, 2.75) is 25.3 Å². The van der Waals surface area contributed by atoms with Gasteiger partial charge in [0.15, 0.2) is 5.13 Å². The van der Waals surface area contributed by atoms with E-state index in [2.05, 4.69) is 22.5 Å². The molecule has 158 valence electrons. The number of amides is 1. The molecule has 3 unspecified atom stereocenters. The molecule has 1 heterocycles. The number of carboxylic acid groups (broad SMARTS) is 1. The zero-order valence-corrected chi connectivity index (χ0v) is 17.3. The van der Waals surface area contributed by atoms with Crippen LogP contribution in [0, 0.1) is 22.0 Å². The minimum atomic E-state index is -1.26. The van der Waals surface area contributed by atoms with Gasteiger partial charge in [0.1, 0.15) is 5.02 Å². The summed E-state index contributed by atoms with van der Waals surface area (Å²) >= 11 is 7.09. The average molecular weight is 451 g/mol. The fraction of sp³-hybridized carbons (Fsp3) is 0.368. The number of nitro benzene ring substituents is 1. The Morgan fingerprint density at radius 2 is 2.20 bits per heavy atom. The molecule has 2 bridgehead atoms. The second-order valence-corrected chi connectivity index (χ2v) is 8.86. The van der Waals surface area contributed by atoms with Crippen LogP contribution in [0.2, 0.25) is 5.02 Å². The minimum Gasteiger partial charge on any atom is -0.492 e. The molecule has 0 saturated heterocycles. The minimum absolute atomic E-state index is 0.000177. The zero-order valence-electron chi connectivity index (χ0n) is 15.7. The first-order valence-corrected chi connectivity index (χ1v) is 10.6. The number of benzene rings is 1. The van der Waals surface area contributed by atoms with Crippen molar-refractivity contribution < 1.29 is 19.9 Å². The quantitative estimate of drug-likeness (QED) is 0.321. The van der Waals surface area contributed by atoms with Gasteiger partial charge in [-0.25, -0.2) is 4.79 Å². The molecule has 1 amide bonds. The summed E-state index contributed by atoms with van der Waals surface area (Å²) in [6.45, 7) is 0.000177. The molecule has 1 fully saturated rings. The summed E-state index contributed by atoms with van der Waals surface area (Å²) < 4.78 is 0. The Morgan fingerprint density at radius 1 is 1.40 bits per heavy atom. The molecular formula is C19H19ClN4O5S. The van der Waals surface area contributed by atoms with Crippen LogP contribution in [0.1, 0.15) is 17.7 Å². The van der Waals surface area contributed by atoms with E-state index in [0.29, 0.717) is 27.9 Å². The standard InChI is InChI=1S/C19H19ClN4O5S/c20-13-4-3-12(9-15(13)24(28)29)23(19(26)27)6-5-16-17(25)22-18(30-16)21-14-8-10-1-2-11(14)7-10/h1-4,9-11,14,25H,5-8H2,(H,21,22)(H,26,27). The topological polar surface area (TPSA) is 129 Å². The Balaban J connectivity index is 1.45. The van der Waals surface area contributed by atoms with E-state index in [0.717, 1.165) is 23.8 Å². The number of anilines is 2. The molecule has 3 N–H and O–H groups in total. The third-order valence-corrected chi connectivity index (χ3v) is 6.85. The number of aromatic hydroxyl groups is 1. The second kappa shape index (κ2) is 8.11. The van der Waals surface area contributed by atoms with Gasteiger partial charge in [0, 0.05) is 25.1 Å². The molecular weight excluding hydrogens is 432 g/mol. The van der Waals surface area contributed by atoms with Gasteiger partial charge in [0.25, 0.3) is 5.69 Å². The summed E-state index contributed by atoms with van der Waals surface area (Å²) in [7, 11) is 0. The van der Waals surface area contributed by atoms with Crippen molar-refractivity contribution in [3.05, 3.63) is 50.4 Å². The molecule has 2 aliphatic rings. The van der Waals surface area contributed by atoms with Crippen LogP contribution < -0.4 is 10.2 Å². The molecule has 4 rings (SSSR count). The van der Waals surface area contributed by atoms with E-state index in [1.807, 2.05) is 0 Å². The van der Waals surface area contributed by atoms with Gasteiger partial charge in [-0.3, -0.25) is 15.0 Å². The van der Waals surface area contributed by atoms with Crippen molar-refractivity contribution in [2.24, 2.45) is 11.8 Å². The number of hydrogen-bond acceptors (Lipinski definition) is 7. The van der Waals surface area contributed by atoms with Gasteiger partial charge in [-0.05, 0) is 36.8 Å². The van der Waals surface area contributed by atoms with Crippen LogP contribution in [0.5, 0.6) is 5.88 Å². The zero-order chi connectivity index (χ0) is 21.4. The number of nitrogens with zero attached hydrogens (tertiary/aromatic N) is 3. The smallest absolute Gasteiger partial charge is 0.411 e. The second-order valence-electron chi connectivity index (χ2n) is 7.37. The highest BCUT2D eigenvalue weighted by Crippen LogP contribution is 2.41. The monoisotopic (exact) mass is 450 g/mol. The van der Waals surface area contributed by atoms with Crippen LogP contribution in [0.3, 0.4) is 0 Å². The third-order valence-electron chi connectivity index (χ3n) is 5.50. The normalized spacial score (nSPS) is 21.7. The number of nitrogens with one attached hydrogen (secondary N) is 1. The molecule has 1 aromatic heterocycles. The maximum atomic E-state index is 11.7. The fourth-order valence-electron chi connectivity index (χ4n) is 4.03. The van der Waals surface area contributed by atoms with Crippen LogP contribution in [-0.4, -0.2) is 38.8 Å². The van der Waals surface area contributed by atoms with Gasteiger partial charge < -0.3 is 15.5 Å². The Labute approximate surface area is 180 Å². The van der Waals surface area contributed by atoms with Gasteiger partial charge in [0.2, 0.25) is 5.88 Å². The number of aromatic nitrogens is 1. The summed E-state index contributed by atoms with van der Waals surface area (Å²) in [5.41, 5.74) is -0.234. The molecule has 0 radical (unpaired) electrons. The van der Waals surface area contributed by atoms with E-state index < -0.39 is 11.0 Å². The number of halogens is 1. The Hall–Kier alpha value is -2.85. The lowest BCUT2D eigenvalue weighted by Crippen LogP contribution is -2.31. The number of fused-ring (bicyclic) bond motifs is 2. The predicted octanol–water partition coefficient (Wildman–Crippen LogP) is 4.51. The first-order chi connectivity index (χ1) is 14.3. The highest BCUT2D eigenvalue weighted by Gasteiger charge is 2.36. The first-order valence-electron chi connectivity index (χ1n) is 9.39. The molecule has 30 heavy (non-hydrogen) atoms. The number of allylic oxidation sites excluding steroid dienone is 1. The molecule has 1 aromatic carbocycles. The summed E-state index contributed by atoms with van der Waals surface area (Å²) in [4.78, 5) is 27.8. The Kier molecular flexibility index (Phi) is 5.52. The number of carbonyl (C=O) groups is 1. The highest BCUT2D eigenvalue weighted by molar-refractivity contribution is 7.15. The SMILES string of the molecule is O=C(O)N(CCc1sc(NC2CC3C=CC2C3)nc1O)c1ccc(Cl)c([N+](=O)[O-])c1. The van der Waals surface area contributed by atoms with E-state index >= 15 is 0 Å². The maximum absolute atomic E-state index is 11.7. The lowest BCUT2D eigenvalue weighted by Gasteiger charge is -2.19. The van der Waals surface area contributed by atoms with Gasteiger partial charge in [-0.15, -0.1) is 0 Å². The van der Waals surface area contributed by atoms with E-state index in [1.54, 1.807) is 0 Å². The molecule has 2 aromatic rings. The maximum Gasteiger partial charge on any atom is 0.411 e. The number of hydrogen-bond donors (Lipinski definition) is 3. The molecule has 1 saturated carbocycles. The van der Waals surface area contributed by atoms with E-state index in [9.17, 15) is 25.1 Å². The molecule has 2 aliphatic carbocycles. The fourth-order valence-corrected chi connectivity index (χ4v) is 5.12. The molecule has 3 atom stereocenters. The summed E-state index contributed by atoms with van der Waals surface area (Å²) in [5.74, 6) is 0.953. The predicted molar refractivity (Wildman–Crippen MR) is 114 cm³/mol. The first kappa shape index (κ1) is 20.4. The Bertz CT molecular complexity index is 1030. The van der Waals surface area contributed by atoms with Crippen LogP contribution in [0.15, 0.2) is 30.4 Å². The summed E-state index contributed by atoms with van der Waals surface area (Å²) in [6.07, 6.45) is 5.60. The van der Waals surface area contributed by atoms with Gasteiger partial charge in [-0.1, -0.05) is 35.1 Å². The van der Waals surface area contributed by atoms with Crippen molar-refractivity contribution in [2.75, 3.05) is 16.8 Å². The van der Waals surface area contributed by atoms with Crippen LogP contribution in [0.25, 0.3) is 0 Å². The van der Waals surface area contributed by atoms with Crippen LogP contribution in [0.4, 0.5) is 21.3 Å². The van der Waals surface area contributed by atoms with Gasteiger partial charge in [0.05, 0.1) is 15.5 Å². The van der Waals surface area contributed by atoms with Crippen LogP contribution >= 0.6 is 22.9 Å². The average Bonchev–Trinajstić information content (AvgIpc) is 3.39. The number of nitro groups is 1. The van der Waals surface area contributed by atoms with Gasteiger partial charge in [-0.2, -0.15) is 4.98 Å². The van der Waals surface area contributed by atoms with Crippen molar-refractivity contribution in [1.29, 1.82) is 0 Å². The highest BCUT2D eigenvalue weighted by atomic mass is 35.5. The van der Waals surface area contributed by atoms with E-state index in [-0.39, 0.29) is 35.2 Å². The molecule has 0 spiro atoms. The summed E-state index contributed by atoms with van der Waals surface area (Å²) in [6, 6.07) is 4.12. The van der Waals surface area contributed by atoms with Crippen molar-refractivity contribution in [1.82, 2.24) is 4.98 Å². The lowest BCUT2D eigenvalue weighted by molar-refractivity contribution is -0.384. The van der Waals surface area contributed by atoms with E-state index in [4.69, 9.17) is 11.6 Å². The van der Waals surface area contributed by atoms with Crippen molar-refractivity contribution in [3.8, 4) is 5.88 Å². The lowest BCUT2D eigenvalue weighted by atomic mass is 10.0. The molecule has 0 aliphatic heterocycles. The molecule has 9 nitrogen and oxygen atoms in total. The molecule has 11 heteroatoms. The van der Waals surface area contributed by atoms with Gasteiger partial charge >= 0.3 is 6.09 Å². The number of rotatable bonds is 7. The largest absolute Gasteiger partial charge is 0.492 e. The van der Waals surface area contributed by atoms with Crippen molar-refractivity contribution >= 4 is 45.5 Å². The summed E-state index contributed by atoms with van der Waals surface area (Å²) in [5, 5.41) is 34.7. The van der Waals surface area contributed by atoms with E-state index in [1.165, 1.54) is 23.5 Å². The Morgan fingerprint density at radius 3 is 2.83 bits per heavy atom. The number of thiazole rings is 1. The van der Waals surface area contributed by atoms with Crippen molar-refractivity contribution in [3.63, 3.8) is 0 Å². The third kappa shape index (κ3) is 4.05.